The maximum absolute atomic E-state index is 14.3. The van der Waals surface area contributed by atoms with Crippen molar-refractivity contribution in [1.29, 1.82) is 0 Å². The van der Waals surface area contributed by atoms with Crippen molar-refractivity contribution in [1.82, 2.24) is 9.88 Å². The van der Waals surface area contributed by atoms with Crippen molar-refractivity contribution in [2.24, 2.45) is 23.2 Å². The van der Waals surface area contributed by atoms with Gasteiger partial charge in [-0.15, -0.1) is 0 Å². The minimum atomic E-state index is -0.157. The summed E-state index contributed by atoms with van der Waals surface area (Å²) in [5.74, 6) is 3.44. The lowest BCUT2D eigenvalue weighted by Gasteiger charge is -2.56. The Kier molecular flexibility index (Phi) is 5.39. The Morgan fingerprint density at radius 1 is 1.19 bits per heavy atom. The number of hydrogen-bond donors (Lipinski definition) is 0. The average molecular weight is 456 g/mol. The molecule has 0 atom stereocenters. The van der Waals surface area contributed by atoms with E-state index in [9.17, 15) is 4.79 Å². The van der Waals surface area contributed by atoms with E-state index in [2.05, 4.69) is 9.80 Å². The third-order valence-corrected chi connectivity index (χ3v) is 9.34. The van der Waals surface area contributed by atoms with Gasteiger partial charge in [0.25, 0.3) is 0 Å². The first-order valence-corrected chi connectivity index (χ1v) is 13.0. The fourth-order valence-corrected chi connectivity index (χ4v) is 8.16. The molecular weight excluding hydrogens is 422 g/mol. The molecule has 172 valence electrons. The van der Waals surface area contributed by atoms with Gasteiger partial charge in [-0.05, 0) is 74.5 Å². The quantitative estimate of drug-likeness (QED) is 0.654. The fraction of sp³-hybridized carbons (Fsp3) is 0.680. The highest BCUT2D eigenvalue weighted by Gasteiger charge is 2.56. The summed E-state index contributed by atoms with van der Waals surface area (Å²) in [5.41, 5.74) is 0.787. The first-order valence-electron chi connectivity index (χ1n) is 12.2. The maximum atomic E-state index is 14.3. The lowest BCUT2D eigenvalue weighted by atomic mass is 9.49. The molecule has 4 saturated carbocycles. The minimum Gasteiger partial charge on any atom is -0.497 e. The Labute approximate surface area is 193 Å². The highest BCUT2D eigenvalue weighted by Crippen LogP contribution is 2.60. The number of carbonyl (C=O) groups excluding carboxylic acids is 1. The highest BCUT2D eigenvalue weighted by atomic mass is 32.1. The predicted octanol–water partition coefficient (Wildman–Crippen LogP) is 4.19. The van der Waals surface area contributed by atoms with Crippen LogP contribution < -0.4 is 9.64 Å². The third-order valence-electron chi connectivity index (χ3n) is 8.30. The third kappa shape index (κ3) is 3.72. The molecule has 5 fully saturated rings. The number of morpholine rings is 1. The molecule has 1 aliphatic heterocycles. The summed E-state index contributed by atoms with van der Waals surface area (Å²) in [4.78, 5) is 23.7. The van der Waals surface area contributed by atoms with Crippen LogP contribution >= 0.6 is 11.3 Å². The Morgan fingerprint density at radius 3 is 2.53 bits per heavy atom. The maximum Gasteiger partial charge on any atom is 0.235 e. The van der Waals surface area contributed by atoms with E-state index in [4.69, 9.17) is 14.5 Å². The smallest absolute Gasteiger partial charge is 0.235 e. The number of fused-ring (bicyclic) bond motifs is 1. The van der Waals surface area contributed by atoms with E-state index in [-0.39, 0.29) is 5.41 Å². The number of nitrogens with zero attached hydrogens (tertiary/aromatic N) is 3. The van der Waals surface area contributed by atoms with E-state index < -0.39 is 0 Å². The zero-order chi connectivity index (χ0) is 21.7. The van der Waals surface area contributed by atoms with Gasteiger partial charge in [-0.25, -0.2) is 4.98 Å². The van der Waals surface area contributed by atoms with E-state index in [1.54, 1.807) is 18.4 Å². The SMILES string of the molecule is COc1ccc2nc(N(CCN3CCOCC3)C(=O)C34CC5CC(CC(C5)C3)C4)sc2c1. The zero-order valence-electron chi connectivity index (χ0n) is 18.9. The lowest BCUT2D eigenvalue weighted by molar-refractivity contribution is -0.143. The second kappa shape index (κ2) is 8.26. The number of benzene rings is 1. The summed E-state index contributed by atoms with van der Waals surface area (Å²) in [5, 5.41) is 0.849. The Balaban J connectivity index is 1.31. The number of anilines is 1. The van der Waals surface area contributed by atoms with Gasteiger partial charge in [-0.1, -0.05) is 11.3 Å². The molecule has 4 aliphatic carbocycles. The van der Waals surface area contributed by atoms with Gasteiger partial charge in [-0.3, -0.25) is 14.6 Å². The van der Waals surface area contributed by atoms with Gasteiger partial charge in [0.05, 0.1) is 36.0 Å². The summed E-state index contributed by atoms with van der Waals surface area (Å²) in [6.07, 6.45) is 7.31. The number of carbonyl (C=O) groups is 1. The molecule has 32 heavy (non-hydrogen) atoms. The van der Waals surface area contributed by atoms with Crippen molar-refractivity contribution < 1.29 is 14.3 Å². The van der Waals surface area contributed by atoms with Crippen LogP contribution in [0.1, 0.15) is 38.5 Å². The molecule has 1 amide bonds. The van der Waals surface area contributed by atoms with Crippen molar-refractivity contribution in [2.75, 3.05) is 51.4 Å². The van der Waals surface area contributed by atoms with Crippen LogP contribution in [-0.4, -0.2) is 62.3 Å². The number of methoxy groups -OCH3 is 1. The number of hydrogen-bond acceptors (Lipinski definition) is 6. The van der Waals surface area contributed by atoms with Gasteiger partial charge >= 0.3 is 0 Å². The highest BCUT2D eigenvalue weighted by molar-refractivity contribution is 7.22. The molecule has 0 radical (unpaired) electrons. The molecule has 1 aromatic heterocycles. The molecule has 2 aromatic rings. The topological polar surface area (TPSA) is 54.9 Å². The number of aromatic nitrogens is 1. The van der Waals surface area contributed by atoms with E-state index >= 15 is 0 Å². The molecule has 6 nitrogen and oxygen atoms in total. The predicted molar refractivity (Wildman–Crippen MR) is 126 cm³/mol. The van der Waals surface area contributed by atoms with Crippen LogP contribution in [0, 0.1) is 23.2 Å². The van der Waals surface area contributed by atoms with Crippen molar-refractivity contribution in [2.45, 2.75) is 38.5 Å². The lowest BCUT2D eigenvalue weighted by Crippen LogP contribution is -2.56. The Bertz CT molecular complexity index is 964. The molecule has 0 N–H and O–H groups in total. The first-order chi connectivity index (χ1) is 15.6. The van der Waals surface area contributed by atoms with Gasteiger partial charge in [0.2, 0.25) is 5.91 Å². The largest absolute Gasteiger partial charge is 0.497 e. The Morgan fingerprint density at radius 2 is 1.88 bits per heavy atom. The summed E-state index contributed by atoms with van der Waals surface area (Å²) in [6, 6.07) is 5.99. The normalized spacial score (nSPS) is 31.8. The molecule has 2 heterocycles. The summed E-state index contributed by atoms with van der Waals surface area (Å²) in [7, 11) is 1.69. The van der Waals surface area contributed by atoms with E-state index in [0.29, 0.717) is 12.5 Å². The number of thiazole rings is 1. The molecule has 0 spiro atoms. The Hall–Kier alpha value is -1.70. The molecule has 0 unspecified atom stereocenters. The van der Waals surface area contributed by atoms with Gasteiger partial charge in [0, 0.05) is 26.2 Å². The molecule has 4 bridgehead atoms. The van der Waals surface area contributed by atoms with E-state index in [0.717, 1.165) is 91.0 Å². The van der Waals surface area contributed by atoms with Crippen LogP contribution in [0.15, 0.2) is 18.2 Å². The van der Waals surface area contributed by atoms with E-state index in [1.807, 2.05) is 18.2 Å². The molecular formula is C25H33N3O3S. The van der Waals surface area contributed by atoms with Gasteiger partial charge in [0.15, 0.2) is 5.13 Å². The van der Waals surface area contributed by atoms with Crippen molar-refractivity contribution >= 4 is 32.6 Å². The van der Waals surface area contributed by atoms with Gasteiger partial charge in [0.1, 0.15) is 5.75 Å². The van der Waals surface area contributed by atoms with Crippen LogP contribution in [0.5, 0.6) is 5.75 Å². The van der Waals surface area contributed by atoms with Crippen molar-refractivity contribution in [3.8, 4) is 5.75 Å². The van der Waals surface area contributed by atoms with Crippen LogP contribution in [0.3, 0.4) is 0 Å². The fourth-order valence-electron chi connectivity index (χ4n) is 7.14. The van der Waals surface area contributed by atoms with Crippen LogP contribution in [-0.2, 0) is 9.53 Å². The number of amides is 1. The van der Waals surface area contributed by atoms with E-state index in [1.165, 1.54) is 19.3 Å². The second-order valence-corrected chi connectivity index (χ2v) is 11.4. The number of rotatable bonds is 6. The standard InChI is InChI=1S/C25H33N3O3S/c1-30-20-2-3-21-22(13-20)32-24(26-21)28(5-4-27-6-8-31-9-7-27)23(29)25-14-17-10-18(15-25)12-19(11-17)16-25/h2-3,13,17-19H,4-12,14-16H2,1H3. The van der Waals surface area contributed by atoms with Crippen LogP contribution in [0.25, 0.3) is 10.2 Å². The molecule has 7 rings (SSSR count). The molecule has 5 aliphatic rings. The van der Waals surface area contributed by atoms with Crippen molar-refractivity contribution in [3.63, 3.8) is 0 Å². The first kappa shape index (κ1) is 20.9. The zero-order valence-corrected chi connectivity index (χ0v) is 19.7. The second-order valence-electron chi connectivity index (χ2n) is 10.4. The van der Waals surface area contributed by atoms with Gasteiger partial charge in [-0.2, -0.15) is 0 Å². The average Bonchev–Trinajstić information content (AvgIpc) is 3.22. The molecule has 7 heteroatoms. The summed E-state index contributed by atoms with van der Waals surface area (Å²) >= 11 is 1.62. The minimum absolute atomic E-state index is 0.157. The van der Waals surface area contributed by atoms with Gasteiger partial charge < -0.3 is 9.47 Å². The summed E-state index contributed by atoms with van der Waals surface area (Å²) in [6.45, 7) is 5.03. The van der Waals surface area contributed by atoms with Crippen LogP contribution in [0.4, 0.5) is 5.13 Å². The van der Waals surface area contributed by atoms with Crippen LogP contribution in [0.2, 0.25) is 0 Å². The summed E-state index contributed by atoms with van der Waals surface area (Å²) < 4.78 is 12.0. The molecule has 1 aromatic carbocycles. The van der Waals surface area contributed by atoms with Crippen molar-refractivity contribution in [3.05, 3.63) is 18.2 Å². The molecule has 1 saturated heterocycles. The number of ether oxygens (including phenoxy) is 2. The monoisotopic (exact) mass is 455 g/mol.